The highest BCUT2D eigenvalue weighted by molar-refractivity contribution is 5.95. The molecule has 0 atom stereocenters. The maximum Gasteiger partial charge on any atom is 0.227 e. The molecule has 2 rings (SSSR count). The van der Waals surface area contributed by atoms with Crippen LogP contribution < -0.4 is 10.6 Å². The lowest BCUT2D eigenvalue weighted by Gasteiger charge is -2.31. The van der Waals surface area contributed by atoms with Gasteiger partial charge in [-0.25, -0.2) is 0 Å². The minimum atomic E-state index is -0.871. The van der Waals surface area contributed by atoms with Crippen LogP contribution in [0.5, 0.6) is 0 Å². The lowest BCUT2D eigenvalue weighted by Crippen LogP contribution is -2.36. The number of aliphatic hydroxyl groups is 1. The molecule has 0 aromatic heterocycles. The Labute approximate surface area is 137 Å². The van der Waals surface area contributed by atoms with Gasteiger partial charge in [-0.3, -0.25) is 9.59 Å². The number of hydrogen-bond donors (Lipinski definition) is 3. The van der Waals surface area contributed by atoms with Crippen LogP contribution in [0.25, 0.3) is 0 Å². The third kappa shape index (κ3) is 5.06. The molecule has 1 aliphatic rings. The monoisotopic (exact) mass is 318 g/mol. The van der Waals surface area contributed by atoms with Crippen molar-refractivity contribution in [2.45, 2.75) is 64.4 Å². The van der Waals surface area contributed by atoms with Crippen LogP contribution in [0.2, 0.25) is 0 Å². The van der Waals surface area contributed by atoms with Crippen LogP contribution >= 0.6 is 0 Å². The second-order valence-electron chi connectivity index (χ2n) is 6.44. The van der Waals surface area contributed by atoms with Crippen molar-refractivity contribution in [2.24, 2.45) is 0 Å². The van der Waals surface area contributed by atoms with Gasteiger partial charge in [-0.15, -0.1) is 0 Å². The van der Waals surface area contributed by atoms with Gasteiger partial charge in [-0.05, 0) is 37.5 Å². The van der Waals surface area contributed by atoms with Crippen LogP contribution in [0.15, 0.2) is 18.2 Å². The fourth-order valence-corrected chi connectivity index (χ4v) is 2.96. The number of rotatable bonds is 5. The largest absolute Gasteiger partial charge is 0.389 e. The van der Waals surface area contributed by atoms with Gasteiger partial charge >= 0.3 is 0 Å². The van der Waals surface area contributed by atoms with Crippen LogP contribution in [-0.2, 0) is 9.59 Å². The average molecular weight is 318 g/mol. The summed E-state index contributed by atoms with van der Waals surface area (Å²) in [5, 5.41) is 16.1. The fourth-order valence-electron chi connectivity index (χ4n) is 2.96. The summed E-state index contributed by atoms with van der Waals surface area (Å²) in [6, 6.07) is 5.43. The quantitative estimate of drug-likeness (QED) is 0.779. The van der Waals surface area contributed by atoms with Crippen molar-refractivity contribution in [1.82, 2.24) is 0 Å². The first kappa shape index (κ1) is 17.5. The van der Waals surface area contributed by atoms with Crippen molar-refractivity contribution in [2.75, 3.05) is 10.6 Å². The van der Waals surface area contributed by atoms with Gasteiger partial charge in [0.2, 0.25) is 11.8 Å². The van der Waals surface area contributed by atoms with Crippen LogP contribution in [-0.4, -0.2) is 22.5 Å². The van der Waals surface area contributed by atoms with Crippen molar-refractivity contribution in [3.8, 4) is 0 Å². The minimum absolute atomic E-state index is 0.0670. The average Bonchev–Trinajstić information content (AvgIpc) is 2.50. The van der Waals surface area contributed by atoms with Crippen LogP contribution in [0.1, 0.15) is 57.4 Å². The molecule has 1 aliphatic carbocycles. The van der Waals surface area contributed by atoms with Crippen molar-refractivity contribution in [1.29, 1.82) is 0 Å². The molecular weight excluding hydrogens is 292 g/mol. The van der Waals surface area contributed by atoms with E-state index in [1.54, 1.807) is 13.0 Å². The Morgan fingerprint density at radius 3 is 2.48 bits per heavy atom. The number of amides is 2. The van der Waals surface area contributed by atoms with Gasteiger partial charge in [0, 0.05) is 17.8 Å². The summed E-state index contributed by atoms with van der Waals surface area (Å²) in [4.78, 5) is 23.7. The number of anilines is 2. The number of carbonyl (C=O) groups is 2. The molecular formula is C18H26N2O3. The van der Waals surface area contributed by atoms with E-state index in [1.807, 2.05) is 19.1 Å². The Kier molecular flexibility index (Phi) is 5.77. The summed E-state index contributed by atoms with van der Waals surface area (Å²) in [7, 11) is 0. The SMILES string of the molecule is CCC(=O)Nc1ccc(C)c(NC(=O)CC2(O)CCCCC2)c1. The second kappa shape index (κ2) is 7.59. The van der Waals surface area contributed by atoms with Crippen LogP contribution in [0, 0.1) is 6.92 Å². The Balaban J connectivity index is 2.02. The fraction of sp³-hybridized carbons (Fsp3) is 0.556. The molecule has 2 amide bonds. The second-order valence-corrected chi connectivity index (χ2v) is 6.44. The maximum atomic E-state index is 12.3. The first-order valence-corrected chi connectivity index (χ1v) is 8.34. The molecule has 126 valence electrons. The van der Waals surface area contributed by atoms with E-state index in [2.05, 4.69) is 10.6 Å². The maximum absolute atomic E-state index is 12.3. The standard InChI is InChI=1S/C18H26N2O3/c1-3-16(21)19-14-8-7-13(2)15(11-14)20-17(22)12-18(23)9-5-4-6-10-18/h7-8,11,23H,3-6,9-10,12H2,1-2H3,(H,19,21)(H,20,22). The molecule has 5 heteroatoms. The topological polar surface area (TPSA) is 78.4 Å². The van der Waals surface area contributed by atoms with Gasteiger partial charge in [0.15, 0.2) is 0 Å². The van der Waals surface area contributed by atoms with E-state index in [4.69, 9.17) is 0 Å². The molecule has 23 heavy (non-hydrogen) atoms. The van der Waals surface area contributed by atoms with E-state index in [-0.39, 0.29) is 18.2 Å². The highest BCUT2D eigenvalue weighted by Gasteiger charge is 2.31. The molecule has 0 aliphatic heterocycles. The molecule has 0 heterocycles. The molecule has 0 radical (unpaired) electrons. The van der Waals surface area contributed by atoms with Gasteiger partial charge in [0.1, 0.15) is 0 Å². The van der Waals surface area contributed by atoms with E-state index in [0.717, 1.165) is 24.8 Å². The zero-order valence-electron chi connectivity index (χ0n) is 13.9. The summed E-state index contributed by atoms with van der Waals surface area (Å²) in [6.45, 7) is 3.69. The normalized spacial score (nSPS) is 16.7. The van der Waals surface area contributed by atoms with Crippen molar-refractivity contribution >= 4 is 23.2 Å². The molecule has 0 bridgehead atoms. The highest BCUT2D eigenvalue weighted by Crippen LogP contribution is 2.31. The summed E-state index contributed by atoms with van der Waals surface area (Å²) < 4.78 is 0. The van der Waals surface area contributed by atoms with Crippen molar-refractivity contribution in [3.05, 3.63) is 23.8 Å². The molecule has 0 unspecified atom stereocenters. The Morgan fingerprint density at radius 2 is 1.83 bits per heavy atom. The highest BCUT2D eigenvalue weighted by atomic mass is 16.3. The van der Waals surface area contributed by atoms with Crippen molar-refractivity contribution < 1.29 is 14.7 Å². The van der Waals surface area contributed by atoms with E-state index >= 15 is 0 Å². The number of aryl methyl sites for hydroxylation is 1. The summed E-state index contributed by atoms with van der Waals surface area (Å²) in [5.74, 6) is -0.251. The minimum Gasteiger partial charge on any atom is -0.389 e. The number of benzene rings is 1. The third-order valence-corrected chi connectivity index (χ3v) is 4.39. The smallest absolute Gasteiger partial charge is 0.227 e. The predicted molar refractivity (Wildman–Crippen MR) is 91.4 cm³/mol. The predicted octanol–water partition coefficient (Wildman–Crippen LogP) is 3.37. The first-order valence-electron chi connectivity index (χ1n) is 8.34. The van der Waals surface area contributed by atoms with Gasteiger partial charge in [-0.2, -0.15) is 0 Å². The molecule has 0 saturated heterocycles. The Bertz CT molecular complexity index is 578. The van der Waals surface area contributed by atoms with Crippen molar-refractivity contribution in [3.63, 3.8) is 0 Å². The third-order valence-electron chi connectivity index (χ3n) is 4.39. The molecule has 3 N–H and O–H groups in total. The summed E-state index contributed by atoms with van der Waals surface area (Å²) in [6.07, 6.45) is 4.98. The van der Waals surface area contributed by atoms with E-state index in [0.29, 0.717) is 30.6 Å². The summed E-state index contributed by atoms with van der Waals surface area (Å²) >= 11 is 0. The number of nitrogens with one attached hydrogen (secondary N) is 2. The Hall–Kier alpha value is -1.88. The van der Waals surface area contributed by atoms with Gasteiger partial charge in [0.25, 0.3) is 0 Å². The molecule has 1 fully saturated rings. The number of carbonyl (C=O) groups excluding carboxylic acids is 2. The zero-order chi connectivity index (χ0) is 16.9. The Morgan fingerprint density at radius 1 is 1.13 bits per heavy atom. The summed E-state index contributed by atoms with van der Waals surface area (Å²) in [5.41, 5.74) is 1.38. The van der Waals surface area contributed by atoms with Gasteiger partial charge < -0.3 is 15.7 Å². The van der Waals surface area contributed by atoms with Gasteiger partial charge in [-0.1, -0.05) is 32.3 Å². The van der Waals surface area contributed by atoms with Crippen LogP contribution in [0.3, 0.4) is 0 Å². The van der Waals surface area contributed by atoms with E-state index in [1.165, 1.54) is 0 Å². The van der Waals surface area contributed by atoms with E-state index < -0.39 is 5.60 Å². The molecule has 1 aromatic rings. The lowest BCUT2D eigenvalue weighted by atomic mass is 9.82. The molecule has 5 nitrogen and oxygen atoms in total. The van der Waals surface area contributed by atoms with Crippen LogP contribution in [0.4, 0.5) is 11.4 Å². The molecule has 1 saturated carbocycles. The first-order chi connectivity index (χ1) is 10.9. The van der Waals surface area contributed by atoms with E-state index in [9.17, 15) is 14.7 Å². The molecule has 0 spiro atoms. The molecule has 1 aromatic carbocycles. The van der Waals surface area contributed by atoms with Gasteiger partial charge in [0.05, 0.1) is 12.0 Å². The number of hydrogen-bond acceptors (Lipinski definition) is 3. The zero-order valence-corrected chi connectivity index (χ0v) is 13.9. The lowest BCUT2D eigenvalue weighted by molar-refractivity contribution is -0.122.